The predicted molar refractivity (Wildman–Crippen MR) is 92.8 cm³/mol. The quantitative estimate of drug-likeness (QED) is 0.657. The molecule has 0 spiro atoms. The summed E-state index contributed by atoms with van der Waals surface area (Å²) < 4.78 is 4.88. The Labute approximate surface area is 149 Å². The predicted octanol–water partition coefficient (Wildman–Crippen LogP) is 2.10. The minimum atomic E-state index is -0.511. The number of imide groups is 1. The van der Waals surface area contributed by atoms with Gasteiger partial charge in [0.05, 0.1) is 23.3 Å². The van der Waals surface area contributed by atoms with Crippen LogP contribution in [0.15, 0.2) is 48.5 Å². The molecule has 0 fully saturated rings. The van der Waals surface area contributed by atoms with Gasteiger partial charge in [-0.2, -0.15) is 0 Å². The summed E-state index contributed by atoms with van der Waals surface area (Å²) in [6, 6.07) is 12.6. The number of carbonyl (C=O) groups is 4. The number of esters is 1. The molecule has 0 radical (unpaired) electrons. The molecule has 7 nitrogen and oxygen atoms in total. The van der Waals surface area contributed by atoms with Gasteiger partial charge in [-0.1, -0.05) is 12.1 Å². The zero-order valence-electron chi connectivity index (χ0n) is 14.0. The van der Waals surface area contributed by atoms with Crippen molar-refractivity contribution >= 4 is 29.4 Å². The van der Waals surface area contributed by atoms with Gasteiger partial charge in [0.15, 0.2) is 0 Å². The second-order valence-electron chi connectivity index (χ2n) is 5.59. The molecule has 1 heterocycles. The highest BCUT2D eigenvalue weighted by molar-refractivity contribution is 6.22. The Morgan fingerprint density at radius 1 is 0.962 bits per heavy atom. The van der Waals surface area contributed by atoms with Crippen molar-refractivity contribution in [2.75, 3.05) is 18.5 Å². The van der Waals surface area contributed by atoms with Gasteiger partial charge >= 0.3 is 5.97 Å². The first-order valence-corrected chi connectivity index (χ1v) is 8.03. The van der Waals surface area contributed by atoms with Crippen LogP contribution >= 0.6 is 0 Å². The molecule has 0 saturated carbocycles. The molecular weight excluding hydrogens is 336 g/mol. The summed E-state index contributed by atoms with van der Waals surface area (Å²) in [5.41, 5.74) is 1.40. The Morgan fingerprint density at radius 2 is 1.54 bits per heavy atom. The molecule has 0 bridgehead atoms. The lowest BCUT2D eigenvalue weighted by atomic mass is 10.1. The number of amides is 3. The fourth-order valence-electron chi connectivity index (χ4n) is 2.63. The van der Waals surface area contributed by atoms with Gasteiger partial charge in [-0.3, -0.25) is 19.3 Å². The maximum Gasteiger partial charge on any atom is 0.338 e. The number of ether oxygens (including phenoxy) is 1. The molecule has 3 amide bonds. The van der Waals surface area contributed by atoms with Crippen molar-refractivity contribution in [3.05, 3.63) is 65.2 Å². The molecule has 3 rings (SSSR count). The molecular formula is C19H16N2O5. The maximum atomic E-state index is 12.2. The first kappa shape index (κ1) is 17.3. The number of hydrogen-bond acceptors (Lipinski definition) is 5. The fraction of sp³-hybridized carbons (Fsp3) is 0.158. The summed E-state index contributed by atoms with van der Waals surface area (Å²) >= 11 is 0. The van der Waals surface area contributed by atoms with Gasteiger partial charge in [0.1, 0.15) is 6.54 Å². The lowest BCUT2D eigenvalue weighted by Crippen LogP contribution is -2.37. The number of anilines is 1. The smallest absolute Gasteiger partial charge is 0.338 e. The van der Waals surface area contributed by atoms with Crippen molar-refractivity contribution in [3.8, 4) is 0 Å². The van der Waals surface area contributed by atoms with Crippen LogP contribution in [0, 0.1) is 0 Å². The fourth-order valence-corrected chi connectivity index (χ4v) is 2.63. The zero-order valence-corrected chi connectivity index (χ0v) is 14.0. The first-order valence-electron chi connectivity index (χ1n) is 8.03. The monoisotopic (exact) mass is 352 g/mol. The van der Waals surface area contributed by atoms with Crippen LogP contribution in [0.5, 0.6) is 0 Å². The Morgan fingerprint density at radius 3 is 2.08 bits per heavy atom. The van der Waals surface area contributed by atoms with E-state index in [4.69, 9.17) is 4.74 Å². The summed E-state index contributed by atoms with van der Waals surface area (Å²) in [5.74, 6) is -1.93. The number of carbonyl (C=O) groups excluding carboxylic acids is 4. The Balaban J connectivity index is 1.64. The van der Waals surface area contributed by atoms with E-state index in [1.54, 1.807) is 43.3 Å². The number of nitrogens with one attached hydrogen (secondary N) is 1. The second kappa shape index (κ2) is 7.18. The summed E-state index contributed by atoms with van der Waals surface area (Å²) in [5, 5.41) is 2.60. The second-order valence-corrected chi connectivity index (χ2v) is 5.59. The van der Waals surface area contributed by atoms with Crippen LogP contribution in [-0.4, -0.2) is 41.7 Å². The molecule has 0 atom stereocenters. The SMILES string of the molecule is CCOC(=O)c1ccc(NC(=O)CN2C(=O)c3ccccc3C2=O)cc1. The molecule has 0 saturated heterocycles. The molecule has 0 unspecified atom stereocenters. The maximum absolute atomic E-state index is 12.2. The van der Waals surface area contributed by atoms with Crippen molar-refractivity contribution in [3.63, 3.8) is 0 Å². The highest BCUT2D eigenvalue weighted by Gasteiger charge is 2.36. The average molecular weight is 352 g/mol. The lowest BCUT2D eigenvalue weighted by molar-refractivity contribution is -0.116. The minimum absolute atomic E-state index is 0.275. The summed E-state index contributed by atoms with van der Waals surface area (Å²) in [6.45, 7) is 1.61. The molecule has 0 aliphatic carbocycles. The molecule has 7 heteroatoms. The third-order valence-corrected chi connectivity index (χ3v) is 3.86. The van der Waals surface area contributed by atoms with E-state index in [0.717, 1.165) is 4.90 Å². The molecule has 132 valence electrons. The highest BCUT2D eigenvalue weighted by Crippen LogP contribution is 2.22. The molecule has 1 aliphatic heterocycles. The van der Waals surface area contributed by atoms with Crippen LogP contribution in [0.1, 0.15) is 38.0 Å². The van der Waals surface area contributed by atoms with Crippen LogP contribution in [0.25, 0.3) is 0 Å². The van der Waals surface area contributed by atoms with Crippen molar-refractivity contribution in [1.82, 2.24) is 4.90 Å². The Kier molecular flexibility index (Phi) is 4.79. The van der Waals surface area contributed by atoms with E-state index >= 15 is 0 Å². The number of fused-ring (bicyclic) bond motifs is 1. The van der Waals surface area contributed by atoms with Gasteiger partial charge in [0.25, 0.3) is 11.8 Å². The zero-order chi connectivity index (χ0) is 18.7. The third kappa shape index (κ3) is 3.32. The van der Waals surface area contributed by atoms with Crippen LogP contribution < -0.4 is 5.32 Å². The van der Waals surface area contributed by atoms with Gasteiger partial charge < -0.3 is 10.1 Å². The van der Waals surface area contributed by atoms with Crippen molar-refractivity contribution in [2.45, 2.75) is 6.92 Å². The van der Waals surface area contributed by atoms with Crippen molar-refractivity contribution < 1.29 is 23.9 Å². The third-order valence-electron chi connectivity index (χ3n) is 3.86. The van der Waals surface area contributed by atoms with Crippen LogP contribution in [-0.2, 0) is 9.53 Å². The summed E-state index contributed by atoms with van der Waals surface area (Å²) in [6.07, 6.45) is 0. The molecule has 0 aromatic heterocycles. The first-order chi connectivity index (χ1) is 12.5. The van der Waals surface area contributed by atoms with Crippen LogP contribution in [0.2, 0.25) is 0 Å². The highest BCUT2D eigenvalue weighted by atomic mass is 16.5. The Hall–Kier alpha value is -3.48. The van der Waals surface area contributed by atoms with Crippen molar-refractivity contribution in [2.24, 2.45) is 0 Å². The largest absolute Gasteiger partial charge is 0.462 e. The number of nitrogens with zero attached hydrogens (tertiary/aromatic N) is 1. The van der Waals surface area contributed by atoms with Crippen LogP contribution in [0.3, 0.4) is 0 Å². The molecule has 2 aromatic carbocycles. The normalized spacial score (nSPS) is 12.7. The molecule has 26 heavy (non-hydrogen) atoms. The molecule has 1 N–H and O–H groups in total. The van der Waals surface area contributed by atoms with Crippen LogP contribution in [0.4, 0.5) is 5.69 Å². The average Bonchev–Trinajstić information content (AvgIpc) is 2.88. The van der Waals surface area contributed by atoms with Gasteiger partial charge in [0, 0.05) is 5.69 Å². The van der Waals surface area contributed by atoms with Gasteiger partial charge in [0.2, 0.25) is 5.91 Å². The summed E-state index contributed by atoms with van der Waals surface area (Å²) in [7, 11) is 0. The van der Waals surface area contributed by atoms with Gasteiger partial charge in [-0.25, -0.2) is 4.79 Å². The van der Waals surface area contributed by atoms with Gasteiger partial charge in [-0.15, -0.1) is 0 Å². The van der Waals surface area contributed by atoms with E-state index in [-0.39, 0.29) is 13.2 Å². The van der Waals surface area contributed by atoms with E-state index in [1.165, 1.54) is 12.1 Å². The molecule has 2 aromatic rings. The van der Waals surface area contributed by atoms with Crippen molar-refractivity contribution in [1.29, 1.82) is 0 Å². The van der Waals surface area contributed by atoms with E-state index in [0.29, 0.717) is 22.4 Å². The standard InChI is InChI=1S/C19H16N2O5/c1-2-26-19(25)12-7-9-13(10-8-12)20-16(22)11-21-17(23)14-5-3-4-6-15(14)18(21)24/h3-10H,2,11H2,1H3,(H,20,22). The molecule has 1 aliphatic rings. The Bertz CT molecular complexity index is 854. The van der Waals surface area contributed by atoms with E-state index in [2.05, 4.69) is 5.32 Å². The lowest BCUT2D eigenvalue weighted by Gasteiger charge is -2.13. The van der Waals surface area contributed by atoms with E-state index < -0.39 is 23.7 Å². The van der Waals surface area contributed by atoms with E-state index in [1.807, 2.05) is 0 Å². The van der Waals surface area contributed by atoms with Gasteiger partial charge in [-0.05, 0) is 43.3 Å². The van der Waals surface area contributed by atoms with E-state index in [9.17, 15) is 19.2 Å². The minimum Gasteiger partial charge on any atom is -0.462 e. The number of hydrogen-bond donors (Lipinski definition) is 1. The number of benzene rings is 2. The topological polar surface area (TPSA) is 92.8 Å². The summed E-state index contributed by atoms with van der Waals surface area (Å²) in [4.78, 5) is 49.2. The number of rotatable bonds is 5.